The maximum atomic E-state index is 5.77. The first kappa shape index (κ1) is 13.3. The van der Waals surface area contributed by atoms with E-state index in [4.69, 9.17) is 5.73 Å². The smallest absolute Gasteiger partial charge is 0.188 e. The van der Waals surface area contributed by atoms with Crippen LogP contribution in [0.15, 0.2) is 4.99 Å². The Morgan fingerprint density at radius 2 is 1.88 bits per heavy atom. The van der Waals surface area contributed by atoms with Gasteiger partial charge in [-0.2, -0.15) is 0 Å². The molecular formula is C12H26N4. The third-order valence-electron chi connectivity index (χ3n) is 2.90. The molecular weight excluding hydrogens is 200 g/mol. The van der Waals surface area contributed by atoms with Gasteiger partial charge in [-0.3, -0.25) is 9.89 Å². The lowest BCUT2D eigenvalue weighted by Gasteiger charge is -2.29. The number of rotatable bonds is 6. The molecule has 1 fully saturated rings. The van der Waals surface area contributed by atoms with Gasteiger partial charge < -0.3 is 11.1 Å². The molecule has 0 aromatic carbocycles. The average molecular weight is 226 g/mol. The summed E-state index contributed by atoms with van der Waals surface area (Å²) in [6.45, 7) is 10.6. The Hall–Kier alpha value is -0.770. The van der Waals surface area contributed by atoms with Crippen molar-refractivity contribution < 1.29 is 0 Å². The van der Waals surface area contributed by atoms with Crippen LogP contribution < -0.4 is 11.1 Å². The van der Waals surface area contributed by atoms with E-state index in [9.17, 15) is 0 Å². The molecule has 0 aromatic rings. The minimum Gasteiger partial charge on any atom is -0.370 e. The highest BCUT2D eigenvalue weighted by Gasteiger charge is 2.21. The Bertz CT molecular complexity index is 223. The van der Waals surface area contributed by atoms with Crippen molar-refractivity contribution >= 4 is 5.96 Å². The van der Waals surface area contributed by atoms with Crippen LogP contribution >= 0.6 is 0 Å². The van der Waals surface area contributed by atoms with E-state index >= 15 is 0 Å². The SMILES string of the molecule is CC(C)N(CCN=C(N)NC1CC1)C(C)C. The molecule has 0 radical (unpaired) electrons. The van der Waals surface area contributed by atoms with E-state index in [1.807, 2.05) is 0 Å². The first-order valence-electron chi connectivity index (χ1n) is 6.33. The summed E-state index contributed by atoms with van der Waals surface area (Å²) < 4.78 is 0. The van der Waals surface area contributed by atoms with Gasteiger partial charge in [0.1, 0.15) is 0 Å². The molecule has 0 spiro atoms. The molecule has 1 saturated carbocycles. The summed E-state index contributed by atoms with van der Waals surface area (Å²) in [4.78, 5) is 6.78. The van der Waals surface area contributed by atoms with Crippen LogP contribution in [0.4, 0.5) is 0 Å². The second-order valence-corrected chi connectivity index (χ2v) is 5.11. The quantitative estimate of drug-likeness (QED) is 0.528. The zero-order chi connectivity index (χ0) is 12.1. The van der Waals surface area contributed by atoms with E-state index in [0.29, 0.717) is 24.1 Å². The number of hydrogen-bond donors (Lipinski definition) is 2. The topological polar surface area (TPSA) is 53.6 Å². The van der Waals surface area contributed by atoms with Crippen molar-refractivity contribution in [2.45, 2.75) is 58.7 Å². The fourth-order valence-corrected chi connectivity index (χ4v) is 1.88. The molecule has 1 aliphatic carbocycles. The van der Waals surface area contributed by atoms with Crippen molar-refractivity contribution in [3.05, 3.63) is 0 Å². The maximum absolute atomic E-state index is 5.77. The van der Waals surface area contributed by atoms with Gasteiger partial charge in [-0.05, 0) is 40.5 Å². The highest BCUT2D eigenvalue weighted by atomic mass is 15.2. The van der Waals surface area contributed by atoms with E-state index < -0.39 is 0 Å². The summed E-state index contributed by atoms with van der Waals surface area (Å²) in [5, 5.41) is 3.20. The van der Waals surface area contributed by atoms with E-state index in [0.717, 1.165) is 13.1 Å². The zero-order valence-electron chi connectivity index (χ0n) is 11.0. The fraction of sp³-hybridized carbons (Fsp3) is 0.917. The Morgan fingerprint density at radius 3 is 2.31 bits per heavy atom. The Kier molecular flexibility index (Phi) is 5.06. The van der Waals surface area contributed by atoms with Crippen molar-refractivity contribution in [1.82, 2.24) is 10.2 Å². The van der Waals surface area contributed by atoms with E-state index in [1.54, 1.807) is 0 Å². The van der Waals surface area contributed by atoms with Crippen LogP contribution in [0.3, 0.4) is 0 Å². The average Bonchev–Trinajstić information content (AvgIpc) is 2.94. The van der Waals surface area contributed by atoms with Gasteiger partial charge in [0.25, 0.3) is 0 Å². The Morgan fingerprint density at radius 1 is 1.31 bits per heavy atom. The Labute approximate surface area is 99.3 Å². The van der Waals surface area contributed by atoms with Gasteiger partial charge in [0.05, 0.1) is 6.54 Å². The van der Waals surface area contributed by atoms with Gasteiger partial charge in [0.2, 0.25) is 0 Å². The molecule has 0 amide bonds. The standard InChI is InChI=1S/C12H26N4/c1-9(2)16(10(3)4)8-7-14-12(13)15-11-5-6-11/h9-11H,5-8H2,1-4H3,(H3,13,14,15). The molecule has 1 rings (SSSR count). The zero-order valence-corrected chi connectivity index (χ0v) is 11.0. The number of guanidine groups is 1. The summed E-state index contributed by atoms with van der Waals surface area (Å²) in [5.74, 6) is 0.606. The molecule has 4 nitrogen and oxygen atoms in total. The lowest BCUT2D eigenvalue weighted by molar-refractivity contribution is 0.181. The van der Waals surface area contributed by atoms with Crippen LogP contribution in [0.5, 0.6) is 0 Å². The van der Waals surface area contributed by atoms with Crippen molar-refractivity contribution in [3.63, 3.8) is 0 Å². The molecule has 0 aliphatic heterocycles. The Balaban J connectivity index is 2.25. The van der Waals surface area contributed by atoms with Crippen molar-refractivity contribution in [3.8, 4) is 0 Å². The predicted molar refractivity (Wildman–Crippen MR) is 69.6 cm³/mol. The molecule has 4 heteroatoms. The summed E-state index contributed by atoms with van der Waals surface area (Å²) in [6.07, 6.45) is 2.47. The fourth-order valence-electron chi connectivity index (χ4n) is 1.88. The highest BCUT2D eigenvalue weighted by molar-refractivity contribution is 5.78. The largest absolute Gasteiger partial charge is 0.370 e. The van der Waals surface area contributed by atoms with Gasteiger partial charge in [-0.25, -0.2) is 0 Å². The number of aliphatic imine (C=N–C) groups is 1. The molecule has 0 heterocycles. The molecule has 94 valence electrons. The van der Waals surface area contributed by atoms with Crippen LogP contribution in [0.2, 0.25) is 0 Å². The van der Waals surface area contributed by atoms with E-state index in [-0.39, 0.29) is 0 Å². The lowest BCUT2D eigenvalue weighted by Crippen LogP contribution is -2.39. The predicted octanol–water partition coefficient (Wildman–Crippen LogP) is 1.17. The van der Waals surface area contributed by atoms with Crippen LogP contribution in [0.1, 0.15) is 40.5 Å². The van der Waals surface area contributed by atoms with E-state index in [2.05, 4.69) is 42.9 Å². The summed E-state index contributed by atoms with van der Waals surface area (Å²) in [6, 6.07) is 1.72. The number of nitrogens with one attached hydrogen (secondary N) is 1. The maximum Gasteiger partial charge on any atom is 0.188 e. The van der Waals surface area contributed by atoms with Gasteiger partial charge >= 0.3 is 0 Å². The number of hydrogen-bond acceptors (Lipinski definition) is 2. The first-order chi connectivity index (χ1) is 7.50. The molecule has 0 bridgehead atoms. The molecule has 3 N–H and O–H groups in total. The monoisotopic (exact) mass is 226 g/mol. The van der Waals surface area contributed by atoms with Gasteiger partial charge in [-0.1, -0.05) is 0 Å². The van der Waals surface area contributed by atoms with Crippen LogP contribution in [-0.2, 0) is 0 Å². The summed E-state index contributed by atoms with van der Waals surface area (Å²) in [5.41, 5.74) is 5.77. The van der Waals surface area contributed by atoms with Gasteiger partial charge in [-0.15, -0.1) is 0 Å². The summed E-state index contributed by atoms with van der Waals surface area (Å²) in [7, 11) is 0. The molecule has 0 saturated heterocycles. The van der Waals surface area contributed by atoms with Crippen LogP contribution in [0.25, 0.3) is 0 Å². The highest BCUT2D eigenvalue weighted by Crippen LogP contribution is 2.17. The minimum absolute atomic E-state index is 0.563. The second-order valence-electron chi connectivity index (χ2n) is 5.11. The molecule has 0 unspecified atom stereocenters. The van der Waals surface area contributed by atoms with Crippen molar-refractivity contribution in [1.29, 1.82) is 0 Å². The number of nitrogens with zero attached hydrogens (tertiary/aromatic N) is 2. The van der Waals surface area contributed by atoms with Crippen molar-refractivity contribution in [2.24, 2.45) is 10.7 Å². The number of nitrogens with two attached hydrogens (primary N) is 1. The molecule has 0 atom stereocenters. The molecule has 16 heavy (non-hydrogen) atoms. The molecule has 0 aromatic heterocycles. The van der Waals surface area contributed by atoms with Gasteiger partial charge in [0, 0.05) is 24.7 Å². The van der Waals surface area contributed by atoms with Crippen LogP contribution in [-0.4, -0.2) is 42.1 Å². The van der Waals surface area contributed by atoms with E-state index in [1.165, 1.54) is 12.8 Å². The lowest BCUT2D eigenvalue weighted by atomic mass is 10.2. The van der Waals surface area contributed by atoms with Gasteiger partial charge in [0.15, 0.2) is 5.96 Å². The minimum atomic E-state index is 0.563. The third-order valence-corrected chi connectivity index (χ3v) is 2.90. The van der Waals surface area contributed by atoms with Crippen LogP contribution in [0, 0.1) is 0 Å². The second kappa shape index (κ2) is 6.09. The third kappa shape index (κ3) is 4.84. The first-order valence-corrected chi connectivity index (χ1v) is 6.33. The molecule has 1 aliphatic rings. The van der Waals surface area contributed by atoms with Crippen molar-refractivity contribution in [2.75, 3.05) is 13.1 Å². The summed E-state index contributed by atoms with van der Waals surface area (Å²) >= 11 is 0. The normalized spacial score (nSPS) is 17.6.